The zero-order valence-electron chi connectivity index (χ0n) is 14.4. The van der Waals surface area contributed by atoms with E-state index in [9.17, 15) is 4.79 Å². The Morgan fingerprint density at radius 3 is 3.16 bits per heavy atom. The van der Waals surface area contributed by atoms with E-state index in [1.165, 1.54) is 5.56 Å². The molecule has 0 spiro atoms. The average molecular weight is 341 g/mol. The molecule has 0 saturated carbocycles. The Morgan fingerprint density at radius 1 is 1.48 bits per heavy atom. The summed E-state index contributed by atoms with van der Waals surface area (Å²) >= 11 is 0. The minimum Gasteiger partial charge on any atom is -0.380 e. The number of nitrogens with one attached hydrogen (secondary N) is 1. The summed E-state index contributed by atoms with van der Waals surface area (Å²) in [4.78, 5) is 19.6. The molecule has 2 aliphatic heterocycles. The smallest absolute Gasteiger partial charge is 0.230 e. The van der Waals surface area contributed by atoms with Gasteiger partial charge >= 0.3 is 0 Å². The number of carbonyl (C=O) groups is 1. The van der Waals surface area contributed by atoms with Gasteiger partial charge in [-0.1, -0.05) is 6.07 Å². The van der Waals surface area contributed by atoms with Crippen molar-refractivity contribution >= 4 is 5.91 Å². The molecular formula is C18H23N5O2. The molecule has 2 aliphatic rings. The van der Waals surface area contributed by atoms with Crippen molar-refractivity contribution in [2.24, 2.45) is 18.4 Å². The molecule has 2 aromatic heterocycles. The molecular weight excluding hydrogens is 318 g/mol. The lowest BCUT2D eigenvalue weighted by atomic mass is 9.80. The Bertz CT molecular complexity index is 747. The van der Waals surface area contributed by atoms with Crippen molar-refractivity contribution in [3.8, 4) is 0 Å². The second-order valence-corrected chi connectivity index (χ2v) is 7.06. The lowest BCUT2D eigenvalue weighted by Gasteiger charge is -2.26. The molecule has 4 heterocycles. The largest absolute Gasteiger partial charge is 0.380 e. The van der Waals surface area contributed by atoms with Crippen molar-refractivity contribution in [1.82, 2.24) is 25.0 Å². The Hall–Kier alpha value is -2.25. The van der Waals surface area contributed by atoms with Gasteiger partial charge in [0, 0.05) is 50.6 Å². The number of hydrogen-bond donors (Lipinski definition) is 1. The van der Waals surface area contributed by atoms with Gasteiger partial charge in [0.05, 0.1) is 37.1 Å². The van der Waals surface area contributed by atoms with Gasteiger partial charge in [0.15, 0.2) is 0 Å². The van der Waals surface area contributed by atoms with E-state index < -0.39 is 5.41 Å². The van der Waals surface area contributed by atoms with Gasteiger partial charge in [0.2, 0.25) is 5.91 Å². The second-order valence-electron chi connectivity index (χ2n) is 7.06. The number of hydrogen-bond acceptors (Lipinski definition) is 5. The third-order valence-electron chi connectivity index (χ3n) is 5.22. The molecule has 4 rings (SSSR count). The molecule has 1 N–H and O–H groups in total. The third kappa shape index (κ3) is 3.17. The molecule has 0 bridgehead atoms. The average Bonchev–Trinajstić information content (AvgIpc) is 3.28. The molecule has 0 aliphatic carbocycles. The predicted octanol–water partition coefficient (Wildman–Crippen LogP) is 0.580. The molecule has 2 saturated heterocycles. The van der Waals surface area contributed by atoms with Gasteiger partial charge in [-0.25, -0.2) is 0 Å². The Morgan fingerprint density at radius 2 is 2.40 bits per heavy atom. The molecule has 1 amide bonds. The highest BCUT2D eigenvalue weighted by atomic mass is 16.5. The summed E-state index contributed by atoms with van der Waals surface area (Å²) in [7, 11) is 1.92. The van der Waals surface area contributed by atoms with Crippen LogP contribution < -0.4 is 5.32 Å². The third-order valence-corrected chi connectivity index (χ3v) is 5.22. The van der Waals surface area contributed by atoms with Crippen LogP contribution in [0.5, 0.6) is 0 Å². The van der Waals surface area contributed by atoms with Gasteiger partial charge in [-0.2, -0.15) is 5.10 Å². The molecule has 2 aromatic rings. The van der Waals surface area contributed by atoms with Gasteiger partial charge in [-0.3, -0.25) is 19.4 Å². The van der Waals surface area contributed by atoms with Crippen LogP contribution in [0.25, 0.3) is 0 Å². The fourth-order valence-electron chi connectivity index (χ4n) is 3.94. The van der Waals surface area contributed by atoms with Crippen LogP contribution in [0.2, 0.25) is 0 Å². The van der Waals surface area contributed by atoms with Crippen molar-refractivity contribution in [2.45, 2.75) is 13.1 Å². The highest BCUT2D eigenvalue weighted by Gasteiger charge is 2.55. The summed E-state index contributed by atoms with van der Waals surface area (Å²) in [6.45, 7) is 4.03. The minimum absolute atomic E-state index is 0.0781. The molecule has 25 heavy (non-hydrogen) atoms. The first-order valence-electron chi connectivity index (χ1n) is 8.61. The van der Waals surface area contributed by atoms with Crippen molar-refractivity contribution in [3.05, 3.63) is 48.0 Å². The number of ether oxygens (including phenoxy) is 1. The minimum atomic E-state index is -0.447. The van der Waals surface area contributed by atoms with E-state index >= 15 is 0 Å². The van der Waals surface area contributed by atoms with Crippen LogP contribution in [0.3, 0.4) is 0 Å². The summed E-state index contributed by atoms with van der Waals surface area (Å²) in [5.41, 5.74) is 1.59. The number of nitrogens with zero attached hydrogens (tertiary/aromatic N) is 4. The van der Waals surface area contributed by atoms with Crippen LogP contribution >= 0.6 is 0 Å². The lowest BCUT2D eigenvalue weighted by molar-refractivity contribution is -0.131. The normalized spacial score (nSPS) is 25.9. The zero-order chi connectivity index (χ0) is 17.3. The van der Waals surface area contributed by atoms with Crippen molar-refractivity contribution in [1.29, 1.82) is 0 Å². The number of likely N-dealkylation sites (tertiary alicyclic amines) is 1. The van der Waals surface area contributed by atoms with Crippen LogP contribution in [-0.2, 0) is 29.7 Å². The maximum atomic E-state index is 13.0. The monoisotopic (exact) mass is 341 g/mol. The predicted molar refractivity (Wildman–Crippen MR) is 91.3 cm³/mol. The van der Waals surface area contributed by atoms with E-state index in [-0.39, 0.29) is 11.8 Å². The van der Waals surface area contributed by atoms with Gasteiger partial charge in [0.1, 0.15) is 0 Å². The van der Waals surface area contributed by atoms with Gasteiger partial charge in [0.25, 0.3) is 0 Å². The standard InChI is InChI=1S/C18H23N5O2/c1-22-8-14(6-21-22)9-23-10-15-11-25-13-18(15,12-23)17(24)20-7-16-4-2-3-5-19-16/h2-6,8,15H,7,9-13H2,1H3,(H,20,24)/t15-,18-/m0/s1. The van der Waals surface area contributed by atoms with Crippen LogP contribution in [0.15, 0.2) is 36.8 Å². The zero-order valence-corrected chi connectivity index (χ0v) is 14.4. The van der Waals surface area contributed by atoms with Crippen LogP contribution in [-0.4, -0.2) is 51.9 Å². The Kier molecular flexibility index (Phi) is 4.27. The molecule has 0 aromatic carbocycles. The van der Waals surface area contributed by atoms with Crippen molar-refractivity contribution in [2.75, 3.05) is 26.3 Å². The molecule has 0 unspecified atom stereocenters. The molecule has 132 valence electrons. The van der Waals surface area contributed by atoms with Gasteiger partial charge < -0.3 is 10.1 Å². The molecule has 0 radical (unpaired) electrons. The van der Waals surface area contributed by atoms with Crippen molar-refractivity contribution < 1.29 is 9.53 Å². The van der Waals surface area contributed by atoms with Gasteiger partial charge in [-0.05, 0) is 12.1 Å². The van der Waals surface area contributed by atoms with E-state index in [0.717, 1.165) is 25.3 Å². The number of fused-ring (bicyclic) bond motifs is 1. The SMILES string of the molecule is Cn1cc(CN2C[C@H]3COC[C@@]3(C(=O)NCc3ccccn3)C2)cn1. The summed E-state index contributed by atoms with van der Waals surface area (Å²) in [6.07, 6.45) is 5.66. The number of carbonyl (C=O) groups excluding carboxylic acids is 1. The topological polar surface area (TPSA) is 72.3 Å². The first-order valence-corrected chi connectivity index (χ1v) is 8.61. The maximum absolute atomic E-state index is 13.0. The van der Waals surface area contributed by atoms with Crippen LogP contribution in [0.1, 0.15) is 11.3 Å². The Labute approximate surface area is 147 Å². The van der Waals surface area contributed by atoms with Gasteiger partial charge in [-0.15, -0.1) is 0 Å². The van der Waals surface area contributed by atoms with E-state index in [2.05, 4.69) is 20.3 Å². The highest BCUT2D eigenvalue weighted by molar-refractivity contribution is 5.84. The van der Waals surface area contributed by atoms with Crippen LogP contribution in [0.4, 0.5) is 0 Å². The number of aromatic nitrogens is 3. The maximum Gasteiger partial charge on any atom is 0.230 e. The number of pyridine rings is 1. The molecule has 7 nitrogen and oxygen atoms in total. The Balaban J connectivity index is 1.42. The van der Waals surface area contributed by atoms with Crippen molar-refractivity contribution in [3.63, 3.8) is 0 Å². The molecule has 2 atom stereocenters. The van der Waals surface area contributed by atoms with Crippen LogP contribution in [0, 0.1) is 11.3 Å². The van der Waals surface area contributed by atoms with E-state index in [1.54, 1.807) is 6.20 Å². The summed E-state index contributed by atoms with van der Waals surface area (Å²) < 4.78 is 7.48. The number of aryl methyl sites for hydroxylation is 1. The summed E-state index contributed by atoms with van der Waals surface area (Å²) in [6, 6.07) is 5.72. The molecule has 7 heteroatoms. The van der Waals surface area contributed by atoms with E-state index in [4.69, 9.17) is 4.74 Å². The fourth-order valence-corrected chi connectivity index (χ4v) is 3.94. The molecule has 2 fully saturated rings. The lowest BCUT2D eigenvalue weighted by Crippen LogP contribution is -2.46. The first-order chi connectivity index (χ1) is 12.2. The highest BCUT2D eigenvalue weighted by Crippen LogP contribution is 2.42. The fraction of sp³-hybridized carbons (Fsp3) is 0.500. The quantitative estimate of drug-likeness (QED) is 0.861. The summed E-state index contributed by atoms with van der Waals surface area (Å²) in [5.74, 6) is 0.322. The summed E-state index contributed by atoms with van der Waals surface area (Å²) in [5, 5.41) is 7.29. The van der Waals surface area contributed by atoms with E-state index in [0.29, 0.717) is 19.8 Å². The number of rotatable bonds is 5. The van der Waals surface area contributed by atoms with E-state index in [1.807, 2.05) is 42.3 Å². The second kappa shape index (κ2) is 6.57. The number of amides is 1. The first kappa shape index (κ1) is 16.2.